The van der Waals surface area contributed by atoms with Crippen LogP contribution in [0.2, 0.25) is 57.4 Å². The van der Waals surface area contributed by atoms with Crippen LogP contribution in [0.25, 0.3) is 16.5 Å². The Labute approximate surface area is 251 Å². The number of benzene rings is 2. The predicted molar refractivity (Wildman–Crippen MR) is 178 cm³/mol. The van der Waals surface area contributed by atoms with E-state index in [2.05, 4.69) is 98.3 Å². The first kappa shape index (κ1) is 30.7. The van der Waals surface area contributed by atoms with Crippen molar-refractivity contribution in [2.75, 3.05) is 7.11 Å². The van der Waals surface area contributed by atoms with Gasteiger partial charge in [0.05, 0.1) is 24.0 Å². The van der Waals surface area contributed by atoms with E-state index in [9.17, 15) is 0 Å². The van der Waals surface area contributed by atoms with Crippen LogP contribution in [0, 0.1) is 11.8 Å². The number of hydrogen-bond acceptors (Lipinski definition) is 5. The Kier molecular flexibility index (Phi) is 7.41. The van der Waals surface area contributed by atoms with Gasteiger partial charge in [0.15, 0.2) is 8.32 Å². The predicted octanol–water partition coefficient (Wildman–Crippen LogP) is 9.90. The molecule has 0 radical (unpaired) electrons. The van der Waals surface area contributed by atoms with Crippen molar-refractivity contribution < 1.29 is 22.8 Å². The van der Waals surface area contributed by atoms with Gasteiger partial charge in [0.1, 0.15) is 23.0 Å². The maximum atomic E-state index is 7.50. The molecule has 4 atom stereocenters. The molecule has 1 aliphatic heterocycles. The number of hydrogen-bond donors (Lipinski definition) is 0. The summed E-state index contributed by atoms with van der Waals surface area (Å²) in [5.74, 6) is 3.77. The molecule has 2 aliphatic carbocycles. The van der Waals surface area contributed by atoms with Crippen LogP contribution in [0.15, 0.2) is 24.3 Å². The molecule has 1 fully saturated rings. The zero-order valence-electron chi connectivity index (χ0n) is 27.7. The minimum atomic E-state index is -2.20. The molecule has 0 amide bonds. The molecule has 0 bridgehead atoms. The first-order chi connectivity index (χ1) is 18.8. The Morgan fingerprint density at radius 1 is 0.976 bits per heavy atom. The quantitative estimate of drug-likeness (QED) is 0.278. The fourth-order valence-electron chi connectivity index (χ4n) is 6.74. The molecule has 5 rings (SSSR count). The molecule has 2 aromatic carbocycles. The maximum Gasteiger partial charge on any atom is 0.242 e. The summed E-state index contributed by atoms with van der Waals surface area (Å²) < 4.78 is 34.9. The van der Waals surface area contributed by atoms with Crippen molar-refractivity contribution in [3.8, 4) is 17.2 Å². The number of ether oxygens (including phenoxy) is 2. The lowest BCUT2D eigenvalue weighted by Gasteiger charge is -2.51. The van der Waals surface area contributed by atoms with Gasteiger partial charge in [-0.05, 0) is 87.8 Å². The lowest BCUT2D eigenvalue weighted by Crippen LogP contribution is -2.57. The molecular formula is C33H52O5Si3. The van der Waals surface area contributed by atoms with Gasteiger partial charge < -0.3 is 22.8 Å². The van der Waals surface area contributed by atoms with Gasteiger partial charge in [-0.15, -0.1) is 0 Å². The topological polar surface area (TPSA) is 46.2 Å². The largest absolute Gasteiger partial charge is 0.544 e. The molecule has 226 valence electrons. The highest BCUT2D eigenvalue weighted by Crippen LogP contribution is 2.66. The first-order valence-electron chi connectivity index (χ1n) is 15.5. The van der Waals surface area contributed by atoms with Crippen molar-refractivity contribution in [2.45, 2.75) is 116 Å². The lowest BCUT2D eigenvalue weighted by atomic mass is 9.64. The standard InChI is InChI=1S/C33H52O5Si3/c1-14-21-18-22-19-25(36-39(6,7)8)27-28-29(22)33(20-21,38-41(12,13)32(2,3)4)35-30(28)23-16-15-17-24(34-5)26(23)31(27)37-40(9,10)11/h15-17,19,21-22,29H,14,18,20H2,1-13H3/t21?,22-,29-,33+/m1/s1. The van der Waals surface area contributed by atoms with Crippen molar-refractivity contribution in [1.82, 2.24) is 0 Å². The van der Waals surface area contributed by atoms with E-state index in [-0.39, 0.29) is 16.9 Å². The number of methoxy groups -OCH3 is 1. The monoisotopic (exact) mass is 612 g/mol. The highest BCUT2D eigenvalue weighted by molar-refractivity contribution is 6.74. The van der Waals surface area contributed by atoms with Gasteiger partial charge in [-0.2, -0.15) is 0 Å². The molecule has 8 heteroatoms. The fourth-order valence-corrected chi connectivity index (χ4v) is 9.81. The van der Waals surface area contributed by atoms with E-state index in [0.717, 1.165) is 58.6 Å². The summed E-state index contributed by atoms with van der Waals surface area (Å²) in [6.07, 6.45) is 5.55. The molecule has 0 saturated heterocycles. The van der Waals surface area contributed by atoms with Gasteiger partial charge in [-0.1, -0.05) is 46.2 Å². The molecule has 41 heavy (non-hydrogen) atoms. The van der Waals surface area contributed by atoms with Crippen LogP contribution in [0.5, 0.6) is 17.2 Å². The zero-order valence-corrected chi connectivity index (χ0v) is 30.7. The van der Waals surface area contributed by atoms with Crippen molar-refractivity contribution in [2.24, 2.45) is 11.8 Å². The molecule has 5 nitrogen and oxygen atoms in total. The van der Waals surface area contributed by atoms with Crippen LogP contribution in [0.3, 0.4) is 0 Å². The van der Waals surface area contributed by atoms with E-state index in [4.69, 9.17) is 22.8 Å². The molecule has 0 spiro atoms. The minimum absolute atomic E-state index is 0.0609. The van der Waals surface area contributed by atoms with Gasteiger partial charge >= 0.3 is 0 Å². The number of fused-ring (bicyclic) bond motifs is 2. The summed E-state index contributed by atoms with van der Waals surface area (Å²) in [4.78, 5) is 0. The van der Waals surface area contributed by atoms with E-state index in [0.29, 0.717) is 5.92 Å². The Balaban J connectivity index is 1.88. The Morgan fingerprint density at radius 3 is 2.20 bits per heavy atom. The van der Waals surface area contributed by atoms with Crippen molar-refractivity contribution in [3.05, 3.63) is 35.4 Å². The summed E-state index contributed by atoms with van der Waals surface area (Å²) >= 11 is 0. The van der Waals surface area contributed by atoms with Crippen LogP contribution in [0.1, 0.15) is 64.0 Å². The van der Waals surface area contributed by atoms with E-state index in [1.54, 1.807) is 7.11 Å². The van der Waals surface area contributed by atoms with E-state index in [1.165, 1.54) is 5.56 Å². The smallest absolute Gasteiger partial charge is 0.242 e. The van der Waals surface area contributed by atoms with E-state index in [1.807, 2.05) is 6.07 Å². The highest BCUT2D eigenvalue weighted by atomic mass is 28.4. The van der Waals surface area contributed by atoms with Crippen LogP contribution in [0.4, 0.5) is 0 Å². The van der Waals surface area contributed by atoms with Crippen molar-refractivity contribution >= 4 is 41.5 Å². The van der Waals surface area contributed by atoms with Gasteiger partial charge in [-0.25, -0.2) is 0 Å². The molecule has 1 saturated carbocycles. The third-order valence-electron chi connectivity index (χ3n) is 9.37. The molecule has 2 aromatic rings. The van der Waals surface area contributed by atoms with Gasteiger partial charge in [-0.3, -0.25) is 0 Å². The van der Waals surface area contributed by atoms with E-state index >= 15 is 0 Å². The fraction of sp³-hybridized carbons (Fsp3) is 0.636. The second kappa shape index (κ2) is 9.89. The molecule has 1 heterocycles. The second-order valence-corrected chi connectivity index (χ2v) is 29.5. The third kappa shape index (κ3) is 5.31. The summed E-state index contributed by atoms with van der Waals surface area (Å²) in [6.45, 7) is 27.5. The highest BCUT2D eigenvalue weighted by Gasteiger charge is 2.62. The normalized spacial score (nSPS) is 25.9. The first-order valence-corrected chi connectivity index (χ1v) is 25.2. The second-order valence-electron chi connectivity index (χ2n) is 15.9. The Hall–Kier alpha value is -1.75. The summed E-state index contributed by atoms with van der Waals surface area (Å²) in [6, 6.07) is 6.27. The molecular weight excluding hydrogens is 561 g/mol. The van der Waals surface area contributed by atoms with Crippen LogP contribution in [-0.2, 0) is 8.85 Å². The molecule has 1 unspecified atom stereocenters. The van der Waals surface area contributed by atoms with Crippen LogP contribution < -0.4 is 13.9 Å². The average molecular weight is 613 g/mol. The Morgan fingerprint density at radius 2 is 1.63 bits per heavy atom. The molecule has 0 aromatic heterocycles. The lowest BCUT2D eigenvalue weighted by molar-refractivity contribution is -0.164. The average Bonchev–Trinajstić information content (AvgIpc) is 3.15. The number of rotatable bonds is 8. The molecule has 0 N–H and O–H groups in total. The van der Waals surface area contributed by atoms with Gasteiger partial charge in [0, 0.05) is 17.4 Å². The third-order valence-corrected chi connectivity index (χ3v) is 15.5. The van der Waals surface area contributed by atoms with Crippen molar-refractivity contribution in [3.63, 3.8) is 0 Å². The van der Waals surface area contributed by atoms with Gasteiger partial charge in [0.25, 0.3) is 0 Å². The van der Waals surface area contributed by atoms with Crippen LogP contribution in [-0.4, -0.2) is 37.8 Å². The molecule has 3 aliphatic rings. The summed E-state index contributed by atoms with van der Waals surface area (Å²) in [5.41, 5.74) is 2.30. The zero-order chi connectivity index (χ0) is 30.3. The van der Waals surface area contributed by atoms with E-state index < -0.39 is 30.7 Å². The number of allylic oxidation sites excluding steroid dienone is 1. The van der Waals surface area contributed by atoms with Crippen LogP contribution >= 0.6 is 0 Å². The summed E-state index contributed by atoms with van der Waals surface area (Å²) in [5, 5.41) is 2.08. The maximum absolute atomic E-state index is 7.50. The SMILES string of the molecule is CCC1C[C@@H]2C=C(O[Si](C)(C)C)c3c4c(c5cccc(OC)c5c3O[Si](C)(C)C)O[C@](O[Si](C)(C)C(C)(C)C)(C1)[C@@H]42. The van der Waals surface area contributed by atoms with Crippen molar-refractivity contribution in [1.29, 1.82) is 0 Å². The minimum Gasteiger partial charge on any atom is -0.544 e. The summed E-state index contributed by atoms with van der Waals surface area (Å²) in [7, 11) is -4.46. The Bertz CT molecular complexity index is 1380. The van der Waals surface area contributed by atoms with Gasteiger partial charge in [0.2, 0.25) is 22.4 Å².